The van der Waals surface area contributed by atoms with E-state index in [-0.39, 0.29) is 55.1 Å². The topological polar surface area (TPSA) is 210 Å². The molecule has 0 aliphatic rings. The van der Waals surface area contributed by atoms with Crippen molar-refractivity contribution in [2.24, 2.45) is 0 Å². The first kappa shape index (κ1) is 24.7. The fourth-order valence-corrected chi connectivity index (χ4v) is 5.96. The number of nitro groups is 2. The third kappa shape index (κ3) is 3.03. The molecule has 4 aromatic carbocycles. The Labute approximate surface area is 220 Å². The predicted molar refractivity (Wildman–Crippen MR) is 149 cm³/mol. The summed E-state index contributed by atoms with van der Waals surface area (Å²) in [6.45, 7) is 5.29. The Morgan fingerprint density at radius 2 is 1.07 bits per heavy atom. The van der Waals surface area contributed by atoms with Crippen LogP contribution in [0.25, 0.3) is 54.1 Å². The summed E-state index contributed by atoms with van der Waals surface area (Å²) in [6, 6.07) is 3.03. The first-order valence-electron chi connectivity index (χ1n) is 11.9. The van der Waals surface area contributed by atoms with E-state index in [0.29, 0.717) is 21.5 Å². The summed E-state index contributed by atoms with van der Waals surface area (Å²) in [6.07, 6.45) is 0. The summed E-state index contributed by atoms with van der Waals surface area (Å²) in [5.41, 5.74) is -2.11. The first-order chi connectivity index (χ1) is 18.8. The molecule has 0 bridgehead atoms. The van der Waals surface area contributed by atoms with Crippen LogP contribution in [0.5, 0.6) is 0 Å². The summed E-state index contributed by atoms with van der Waals surface area (Å²) < 4.78 is 0. The lowest BCUT2D eigenvalue weighted by Crippen LogP contribution is -2.10. The molecule has 2 aromatic heterocycles. The van der Waals surface area contributed by atoms with E-state index >= 15 is 0 Å². The molecule has 0 saturated carbocycles. The number of aryl methyl sites for hydroxylation is 2. The number of nitrogens with zero attached hydrogens (tertiary/aromatic N) is 2. The van der Waals surface area contributed by atoms with Gasteiger partial charge in [0.1, 0.15) is 11.4 Å². The number of hydrogen-bond acceptors (Lipinski definition) is 8. The van der Waals surface area contributed by atoms with Gasteiger partial charge < -0.3 is 20.6 Å². The summed E-state index contributed by atoms with van der Waals surface area (Å²) in [5, 5.41) is 31.7. The van der Waals surface area contributed by atoms with Crippen molar-refractivity contribution >= 4 is 88.7 Å². The zero-order valence-corrected chi connectivity index (χ0v) is 21.3. The first-order valence-corrected chi connectivity index (χ1v) is 11.9. The fraction of sp³-hybridized carbons (Fsp3) is 0.154. The van der Waals surface area contributed by atoms with Gasteiger partial charge in [0.2, 0.25) is 11.8 Å². The zero-order valence-electron chi connectivity index (χ0n) is 21.3. The second-order valence-electron chi connectivity index (χ2n) is 9.68. The molecule has 6 rings (SSSR count). The average molecular weight is 542 g/mol. The van der Waals surface area contributed by atoms with Crippen LogP contribution < -0.4 is 21.8 Å². The lowest BCUT2D eigenvalue weighted by Gasteiger charge is -2.17. The highest BCUT2D eigenvalue weighted by Gasteiger charge is 2.33. The van der Waals surface area contributed by atoms with Crippen LogP contribution in [-0.2, 0) is 9.59 Å². The maximum atomic E-state index is 13.1. The summed E-state index contributed by atoms with van der Waals surface area (Å²) in [4.78, 5) is 78.6. The minimum absolute atomic E-state index is 0.0351. The van der Waals surface area contributed by atoms with E-state index in [1.54, 1.807) is 0 Å². The number of benzene rings is 4. The van der Waals surface area contributed by atoms with Crippen LogP contribution in [0.2, 0.25) is 0 Å². The summed E-state index contributed by atoms with van der Waals surface area (Å²) in [5.74, 6) is -1.18. The molecule has 0 spiro atoms. The van der Waals surface area contributed by atoms with E-state index in [2.05, 4.69) is 20.6 Å². The van der Waals surface area contributed by atoms with Crippen LogP contribution in [0.15, 0.2) is 21.7 Å². The SMILES string of the molecule is CC(=O)Nc1c([N+](=O)[O-])c(C)c2c3c1[nH]c(=O)c3cc1cc3c(=O)[nH]c4c(NC(C)=O)c([N+](=O)[O-])c(C)c(c43)c12. The molecule has 4 N–H and O–H groups in total. The molecule has 2 amide bonds. The molecule has 0 aliphatic carbocycles. The van der Waals surface area contributed by atoms with Gasteiger partial charge in [0.05, 0.1) is 31.7 Å². The highest BCUT2D eigenvalue weighted by atomic mass is 16.6. The van der Waals surface area contributed by atoms with Gasteiger partial charge in [0.15, 0.2) is 0 Å². The maximum Gasteiger partial charge on any atom is 0.298 e. The molecule has 14 nitrogen and oxygen atoms in total. The Kier molecular flexibility index (Phi) is 4.89. The zero-order chi connectivity index (χ0) is 28.9. The Morgan fingerprint density at radius 1 is 0.700 bits per heavy atom. The highest BCUT2D eigenvalue weighted by Crippen LogP contribution is 2.49. The summed E-state index contributed by atoms with van der Waals surface area (Å²) >= 11 is 0. The van der Waals surface area contributed by atoms with E-state index in [0.717, 1.165) is 0 Å². The number of fused-ring (bicyclic) bond motifs is 3. The van der Waals surface area contributed by atoms with Crippen molar-refractivity contribution in [3.63, 3.8) is 0 Å². The Balaban J connectivity index is 2.01. The number of nitrogens with one attached hydrogen (secondary N) is 4. The number of aromatic nitrogens is 2. The molecule has 14 heteroatoms. The van der Waals surface area contributed by atoms with Gasteiger partial charge in [-0.3, -0.25) is 39.4 Å². The van der Waals surface area contributed by atoms with Crippen LogP contribution in [0.3, 0.4) is 0 Å². The van der Waals surface area contributed by atoms with Gasteiger partial charge in [0, 0.05) is 46.5 Å². The molecule has 0 saturated heterocycles. The number of H-pyrrole nitrogens is 2. The number of rotatable bonds is 4. The molecule has 0 radical (unpaired) electrons. The average Bonchev–Trinajstić information content (AvgIpc) is 3.35. The number of aromatic amines is 2. The van der Waals surface area contributed by atoms with Gasteiger partial charge in [-0.25, -0.2) is 0 Å². The van der Waals surface area contributed by atoms with E-state index in [4.69, 9.17) is 0 Å². The van der Waals surface area contributed by atoms with Crippen molar-refractivity contribution in [2.75, 3.05) is 10.6 Å². The van der Waals surface area contributed by atoms with Crippen molar-refractivity contribution in [2.45, 2.75) is 27.7 Å². The number of carbonyl (C=O) groups excluding carboxylic acids is 2. The van der Waals surface area contributed by atoms with Crippen LogP contribution in [0.1, 0.15) is 25.0 Å². The number of anilines is 2. The van der Waals surface area contributed by atoms with Crippen molar-refractivity contribution in [1.29, 1.82) is 0 Å². The van der Waals surface area contributed by atoms with Gasteiger partial charge in [-0.15, -0.1) is 0 Å². The third-order valence-corrected chi connectivity index (χ3v) is 7.29. The van der Waals surface area contributed by atoms with Gasteiger partial charge in [-0.05, 0) is 36.8 Å². The molecule has 0 fully saturated rings. The summed E-state index contributed by atoms with van der Waals surface area (Å²) in [7, 11) is 0. The van der Waals surface area contributed by atoms with E-state index in [1.807, 2.05) is 0 Å². The van der Waals surface area contributed by atoms with Gasteiger partial charge in [-0.2, -0.15) is 0 Å². The molecule has 0 atom stereocenters. The molecule has 0 unspecified atom stereocenters. The number of nitro benzene ring substituents is 2. The molecular formula is C26H18N6O8. The smallest absolute Gasteiger partial charge is 0.298 e. The van der Waals surface area contributed by atoms with Gasteiger partial charge in [0.25, 0.3) is 22.5 Å². The van der Waals surface area contributed by atoms with Gasteiger partial charge in [-0.1, -0.05) is 0 Å². The molecule has 2 heterocycles. The number of carbonyl (C=O) groups is 2. The van der Waals surface area contributed by atoms with Crippen LogP contribution >= 0.6 is 0 Å². The normalized spacial score (nSPS) is 11.8. The van der Waals surface area contributed by atoms with E-state index in [9.17, 15) is 39.4 Å². The van der Waals surface area contributed by atoms with Crippen LogP contribution in [0.4, 0.5) is 22.7 Å². The molecule has 0 aliphatic heterocycles. The Hall–Kier alpha value is -5.66. The van der Waals surface area contributed by atoms with Crippen molar-refractivity contribution in [3.05, 3.63) is 64.2 Å². The fourth-order valence-electron chi connectivity index (χ4n) is 5.96. The molecule has 40 heavy (non-hydrogen) atoms. The monoisotopic (exact) mass is 542 g/mol. The van der Waals surface area contributed by atoms with Crippen molar-refractivity contribution in [1.82, 2.24) is 9.97 Å². The van der Waals surface area contributed by atoms with Crippen LogP contribution in [-0.4, -0.2) is 31.6 Å². The molecule has 6 aromatic rings. The molecule has 200 valence electrons. The lowest BCUT2D eigenvalue weighted by molar-refractivity contribution is -0.384. The van der Waals surface area contributed by atoms with E-state index in [1.165, 1.54) is 39.8 Å². The Morgan fingerprint density at radius 3 is 1.40 bits per heavy atom. The second-order valence-corrected chi connectivity index (χ2v) is 9.68. The minimum atomic E-state index is -0.672. The predicted octanol–water partition coefficient (Wildman–Crippen LogP) is 4.05. The van der Waals surface area contributed by atoms with Crippen molar-refractivity contribution < 1.29 is 19.4 Å². The molecular weight excluding hydrogens is 524 g/mol. The number of hydrogen-bond donors (Lipinski definition) is 4. The van der Waals surface area contributed by atoms with Crippen molar-refractivity contribution in [3.8, 4) is 0 Å². The number of amides is 2. The quantitative estimate of drug-likeness (QED) is 0.145. The lowest BCUT2D eigenvalue weighted by atomic mass is 9.87. The standard InChI is InChI=1S/C26H18N6O8/c1-7-14-16-11(5-12-17(14)19(29-25(12)35)21(27-9(3)33)23(7)31(37)38)6-13-18-15(16)8(2)24(32(39)40)22(28-10(4)34)20(18)30-26(13)36/h5-6H,1-4H3,(H,27,33)(H,28,34)(H,29,35)(H,30,36). The largest absolute Gasteiger partial charge is 0.319 e. The third-order valence-electron chi connectivity index (χ3n) is 7.29. The second kappa shape index (κ2) is 7.92. The minimum Gasteiger partial charge on any atom is -0.319 e. The Bertz CT molecular complexity index is 2140. The maximum absolute atomic E-state index is 13.1. The van der Waals surface area contributed by atoms with Gasteiger partial charge >= 0.3 is 0 Å². The highest BCUT2D eigenvalue weighted by molar-refractivity contribution is 6.36. The van der Waals surface area contributed by atoms with E-state index < -0.39 is 44.2 Å². The van der Waals surface area contributed by atoms with Crippen LogP contribution in [0, 0.1) is 34.1 Å².